The summed E-state index contributed by atoms with van der Waals surface area (Å²) in [5.74, 6) is 7.75. The fraction of sp³-hybridized carbons (Fsp3) is 0.353. The van der Waals surface area contributed by atoms with E-state index in [4.69, 9.17) is 10.4 Å². The first kappa shape index (κ1) is 21.7. The molecule has 0 aliphatic heterocycles. The molecule has 0 atom stereocenters. The first-order valence-electron chi connectivity index (χ1n) is 8.84. The Morgan fingerprint density at radius 3 is 2.66 bits per heavy atom. The third-order valence-electron chi connectivity index (χ3n) is 3.95. The van der Waals surface area contributed by atoms with Crippen molar-refractivity contribution in [3.8, 4) is 11.4 Å². The van der Waals surface area contributed by atoms with Crippen molar-refractivity contribution in [2.45, 2.75) is 29.9 Å². The van der Waals surface area contributed by atoms with Gasteiger partial charge in [0.2, 0.25) is 27.9 Å². The van der Waals surface area contributed by atoms with Gasteiger partial charge in [-0.2, -0.15) is 4.98 Å². The van der Waals surface area contributed by atoms with Gasteiger partial charge in [-0.1, -0.05) is 56.7 Å². The molecular formula is C17H20BrN7O2S2. The molecule has 1 amide bonds. The molecule has 3 aromatic rings. The Kier molecular flexibility index (Phi) is 7.56. The second-order valence-corrected chi connectivity index (χ2v) is 8.60. The van der Waals surface area contributed by atoms with Crippen molar-refractivity contribution in [2.75, 3.05) is 24.7 Å². The number of thioether (sulfide) groups is 2. The van der Waals surface area contributed by atoms with Crippen LogP contribution in [0.15, 0.2) is 43.6 Å². The van der Waals surface area contributed by atoms with Gasteiger partial charge < -0.3 is 15.3 Å². The zero-order valence-electron chi connectivity index (χ0n) is 15.9. The first-order valence-corrected chi connectivity index (χ1v) is 11.6. The molecule has 0 aliphatic carbocycles. The average Bonchev–Trinajstić information content (AvgIpc) is 3.32. The Hall–Kier alpha value is -2.05. The van der Waals surface area contributed by atoms with Crippen molar-refractivity contribution >= 4 is 45.4 Å². The van der Waals surface area contributed by atoms with Crippen LogP contribution in [-0.4, -0.2) is 54.7 Å². The van der Waals surface area contributed by atoms with E-state index in [0.717, 1.165) is 10.0 Å². The lowest BCUT2D eigenvalue weighted by Gasteiger charge is -2.17. The highest BCUT2D eigenvalue weighted by atomic mass is 79.9. The number of nitrogens with zero attached hydrogens (tertiary/aromatic N) is 6. The van der Waals surface area contributed by atoms with Crippen molar-refractivity contribution < 1.29 is 9.32 Å². The van der Waals surface area contributed by atoms with Crippen LogP contribution in [0.3, 0.4) is 0 Å². The van der Waals surface area contributed by atoms with Gasteiger partial charge in [0.15, 0.2) is 0 Å². The van der Waals surface area contributed by atoms with Crippen LogP contribution in [0.25, 0.3) is 11.4 Å². The molecule has 2 aromatic heterocycles. The second kappa shape index (κ2) is 10.1. The summed E-state index contributed by atoms with van der Waals surface area (Å²) in [6, 6.07) is 7.66. The molecule has 2 heterocycles. The third-order valence-corrected chi connectivity index (χ3v) is 6.30. The summed E-state index contributed by atoms with van der Waals surface area (Å²) in [5.41, 5.74) is 0.859. The maximum atomic E-state index is 12.1. The van der Waals surface area contributed by atoms with Crippen molar-refractivity contribution in [1.82, 2.24) is 29.9 Å². The molecule has 0 fully saturated rings. The van der Waals surface area contributed by atoms with Gasteiger partial charge in [0.25, 0.3) is 0 Å². The van der Waals surface area contributed by atoms with Crippen molar-refractivity contribution in [3.05, 3.63) is 34.6 Å². The number of hydrogen-bond donors (Lipinski definition) is 1. The first-order chi connectivity index (χ1) is 14.0. The summed E-state index contributed by atoms with van der Waals surface area (Å²) in [6.07, 6.45) is 0. The molecule has 0 spiro atoms. The second-order valence-electron chi connectivity index (χ2n) is 5.80. The van der Waals surface area contributed by atoms with Crippen LogP contribution in [0, 0.1) is 0 Å². The van der Waals surface area contributed by atoms with Gasteiger partial charge >= 0.3 is 0 Å². The molecule has 3 rings (SSSR count). The molecular weight excluding hydrogens is 478 g/mol. The van der Waals surface area contributed by atoms with Crippen LogP contribution in [0.5, 0.6) is 0 Å². The van der Waals surface area contributed by atoms with E-state index in [-0.39, 0.29) is 11.7 Å². The summed E-state index contributed by atoms with van der Waals surface area (Å²) < 4.78 is 7.62. The summed E-state index contributed by atoms with van der Waals surface area (Å²) in [6.45, 7) is 5.26. The van der Waals surface area contributed by atoms with Gasteiger partial charge in [0, 0.05) is 23.1 Å². The molecule has 2 N–H and O–H groups in total. The normalized spacial score (nSPS) is 11.0. The monoisotopic (exact) mass is 497 g/mol. The molecule has 29 heavy (non-hydrogen) atoms. The summed E-state index contributed by atoms with van der Waals surface area (Å²) >= 11 is 6.02. The van der Waals surface area contributed by atoms with E-state index in [1.54, 1.807) is 4.90 Å². The lowest BCUT2D eigenvalue weighted by Crippen LogP contribution is -2.32. The Morgan fingerprint density at radius 2 is 1.97 bits per heavy atom. The van der Waals surface area contributed by atoms with Crippen molar-refractivity contribution in [3.63, 3.8) is 0 Å². The van der Waals surface area contributed by atoms with Gasteiger partial charge in [0.1, 0.15) is 0 Å². The van der Waals surface area contributed by atoms with Crippen LogP contribution in [0.1, 0.15) is 19.7 Å². The Morgan fingerprint density at radius 1 is 1.24 bits per heavy atom. The number of carbonyl (C=O) groups is 1. The lowest BCUT2D eigenvalue weighted by atomic mass is 10.2. The predicted molar refractivity (Wildman–Crippen MR) is 116 cm³/mol. The number of carbonyl (C=O) groups excluding carboxylic acids is 1. The fourth-order valence-electron chi connectivity index (χ4n) is 2.44. The molecule has 0 bridgehead atoms. The average molecular weight is 498 g/mol. The SMILES string of the molecule is CCN(CC)C(=O)CSc1nnc(SCc2nc(-c3cccc(Br)c3)no2)n1N. The topological polar surface area (TPSA) is 116 Å². The Labute approximate surface area is 184 Å². The van der Waals surface area contributed by atoms with E-state index in [0.29, 0.717) is 40.9 Å². The molecule has 0 saturated heterocycles. The molecule has 0 radical (unpaired) electrons. The largest absolute Gasteiger partial charge is 0.343 e. The van der Waals surface area contributed by atoms with Gasteiger partial charge in [-0.05, 0) is 26.0 Å². The van der Waals surface area contributed by atoms with E-state index in [1.165, 1.54) is 28.2 Å². The number of aromatic nitrogens is 5. The minimum absolute atomic E-state index is 0.0446. The molecule has 1 aromatic carbocycles. The zero-order valence-corrected chi connectivity index (χ0v) is 19.1. The number of benzene rings is 1. The maximum Gasteiger partial charge on any atom is 0.237 e. The number of amides is 1. The quantitative estimate of drug-likeness (QED) is 0.351. The Bertz CT molecular complexity index is 974. The number of nitrogens with two attached hydrogens (primary N) is 1. The van der Waals surface area contributed by atoms with Crippen LogP contribution >= 0.6 is 39.5 Å². The highest BCUT2D eigenvalue weighted by molar-refractivity contribution is 9.10. The minimum atomic E-state index is 0.0446. The Balaban J connectivity index is 1.57. The van der Waals surface area contributed by atoms with Crippen LogP contribution in [0.2, 0.25) is 0 Å². The standard InChI is InChI=1S/C17H20BrN7O2S2/c1-3-24(4-2)14(26)10-29-17-22-21-16(25(17)19)28-9-13-20-15(23-27-13)11-6-5-7-12(18)8-11/h5-8H,3-4,9-10,19H2,1-2H3. The van der Waals surface area contributed by atoms with Gasteiger partial charge in [-0.3, -0.25) is 4.79 Å². The minimum Gasteiger partial charge on any atom is -0.343 e. The smallest absolute Gasteiger partial charge is 0.237 e. The van der Waals surface area contributed by atoms with Crippen LogP contribution < -0.4 is 5.84 Å². The zero-order chi connectivity index (χ0) is 20.8. The molecule has 154 valence electrons. The number of hydrogen-bond acceptors (Lipinski definition) is 9. The summed E-state index contributed by atoms with van der Waals surface area (Å²) in [7, 11) is 0. The molecule has 12 heteroatoms. The highest BCUT2D eigenvalue weighted by Crippen LogP contribution is 2.25. The molecule has 0 aliphatic rings. The molecule has 0 saturated carbocycles. The van der Waals surface area contributed by atoms with Gasteiger partial charge in [0.05, 0.1) is 11.5 Å². The predicted octanol–water partition coefficient (Wildman–Crippen LogP) is 3.06. The number of halogens is 1. The van der Waals surface area contributed by atoms with Crippen LogP contribution in [0.4, 0.5) is 0 Å². The number of nitrogen functional groups attached to an aromatic ring is 1. The molecule has 0 unspecified atom stereocenters. The summed E-state index contributed by atoms with van der Waals surface area (Å²) in [4.78, 5) is 18.3. The third kappa shape index (κ3) is 5.52. The van der Waals surface area contributed by atoms with E-state index < -0.39 is 0 Å². The van der Waals surface area contributed by atoms with Crippen molar-refractivity contribution in [2.24, 2.45) is 0 Å². The van der Waals surface area contributed by atoms with Crippen molar-refractivity contribution in [1.29, 1.82) is 0 Å². The summed E-state index contributed by atoms with van der Waals surface area (Å²) in [5, 5.41) is 13.1. The molecule has 9 nitrogen and oxygen atoms in total. The van der Waals surface area contributed by atoms with Gasteiger partial charge in [-0.15, -0.1) is 10.2 Å². The fourth-order valence-corrected chi connectivity index (χ4v) is 4.35. The van der Waals surface area contributed by atoms with E-state index in [9.17, 15) is 4.79 Å². The highest BCUT2D eigenvalue weighted by Gasteiger charge is 2.16. The number of rotatable bonds is 9. The van der Waals surface area contributed by atoms with E-state index in [1.807, 2.05) is 38.1 Å². The van der Waals surface area contributed by atoms with Crippen LogP contribution in [-0.2, 0) is 10.5 Å². The maximum absolute atomic E-state index is 12.1. The van der Waals surface area contributed by atoms with E-state index in [2.05, 4.69) is 36.3 Å². The van der Waals surface area contributed by atoms with E-state index >= 15 is 0 Å². The lowest BCUT2D eigenvalue weighted by molar-refractivity contribution is -0.127. The van der Waals surface area contributed by atoms with Gasteiger partial charge in [-0.25, -0.2) is 4.68 Å².